The van der Waals surface area contributed by atoms with Gasteiger partial charge in [-0.1, -0.05) is 30.3 Å². The minimum absolute atomic E-state index is 0.00359. The number of carbonyl (C=O) groups excluding carboxylic acids is 1. The molecular formula is C37H35N3O7. The molecular weight excluding hydrogens is 598 g/mol. The summed E-state index contributed by atoms with van der Waals surface area (Å²) in [6, 6.07) is 28.0. The number of fused-ring (bicyclic) bond motifs is 2. The largest absolute Gasteiger partial charge is 0.496 e. The molecule has 2 heterocycles. The van der Waals surface area contributed by atoms with E-state index in [-0.39, 0.29) is 28.9 Å². The van der Waals surface area contributed by atoms with Gasteiger partial charge in [0.25, 0.3) is 0 Å². The average molecular weight is 634 g/mol. The number of aryl methyl sites for hydroxylation is 2. The van der Waals surface area contributed by atoms with Gasteiger partial charge in [-0.3, -0.25) is 14.4 Å². The predicted molar refractivity (Wildman–Crippen MR) is 184 cm³/mol. The van der Waals surface area contributed by atoms with Crippen LogP contribution in [0.15, 0.2) is 107 Å². The van der Waals surface area contributed by atoms with Crippen LogP contribution >= 0.6 is 0 Å². The van der Waals surface area contributed by atoms with Crippen LogP contribution in [0.1, 0.15) is 37.4 Å². The molecule has 0 fully saturated rings. The number of aromatic amines is 2. The lowest BCUT2D eigenvalue weighted by Gasteiger charge is -2.08. The van der Waals surface area contributed by atoms with Crippen LogP contribution in [-0.4, -0.2) is 41.0 Å². The molecule has 0 aliphatic heterocycles. The summed E-state index contributed by atoms with van der Waals surface area (Å²) in [7, 11) is 3.00. The Balaban J connectivity index is 0.000000176. The molecule has 0 bridgehead atoms. The molecule has 5 N–H and O–H groups in total. The van der Waals surface area contributed by atoms with Crippen LogP contribution in [0.2, 0.25) is 0 Å². The molecule has 47 heavy (non-hydrogen) atoms. The van der Waals surface area contributed by atoms with E-state index in [4.69, 9.17) is 20.3 Å². The van der Waals surface area contributed by atoms with Crippen molar-refractivity contribution in [3.05, 3.63) is 146 Å². The van der Waals surface area contributed by atoms with Gasteiger partial charge in [0.05, 0.1) is 19.8 Å². The number of methoxy groups -OCH3 is 2. The van der Waals surface area contributed by atoms with Crippen LogP contribution in [-0.2, 0) is 6.42 Å². The average Bonchev–Trinajstić information content (AvgIpc) is 3.06. The Morgan fingerprint density at radius 3 is 1.70 bits per heavy atom. The number of carbonyl (C=O) groups is 2. The third kappa shape index (κ3) is 8.52. The summed E-state index contributed by atoms with van der Waals surface area (Å²) < 4.78 is 10.1. The van der Waals surface area contributed by atoms with Crippen LogP contribution < -0.4 is 26.3 Å². The van der Waals surface area contributed by atoms with E-state index in [0.29, 0.717) is 22.7 Å². The number of aromatic nitrogens is 2. The number of carboxylic acids is 1. The fourth-order valence-electron chi connectivity index (χ4n) is 5.00. The highest BCUT2D eigenvalue weighted by Crippen LogP contribution is 2.22. The van der Waals surface area contributed by atoms with Gasteiger partial charge in [0.15, 0.2) is 5.78 Å². The SMILES string of the molecule is COc1ccccc1C(=O)Cc1ccc2[nH]c(=O)cc(C)c2c1.COc1ccccc1C(=O)O.Cc1cc(=O)[nH]c2ccc(N)cc12. The number of nitrogens with two attached hydrogens (primary N) is 1. The van der Waals surface area contributed by atoms with Gasteiger partial charge in [-0.05, 0) is 85.1 Å². The Morgan fingerprint density at radius 1 is 0.681 bits per heavy atom. The highest BCUT2D eigenvalue weighted by Gasteiger charge is 2.13. The number of Topliss-reactive ketones (excluding diaryl/α,β-unsaturated/α-hetero) is 1. The number of ketones is 1. The molecule has 6 aromatic rings. The highest BCUT2D eigenvalue weighted by molar-refractivity contribution is 6.00. The number of carboxylic acid groups (broad SMARTS) is 1. The number of anilines is 1. The summed E-state index contributed by atoms with van der Waals surface area (Å²) in [5.41, 5.74) is 11.3. The number of aromatic carboxylic acids is 1. The normalized spacial score (nSPS) is 10.3. The molecule has 0 amide bonds. The zero-order chi connectivity index (χ0) is 34.1. The summed E-state index contributed by atoms with van der Waals surface area (Å²) in [6.07, 6.45) is 0.287. The molecule has 10 heteroatoms. The van der Waals surface area contributed by atoms with Crippen molar-refractivity contribution in [3.8, 4) is 11.5 Å². The molecule has 0 unspecified atom stereocenters. The number of nitrogen functional groups attached to an aromatic ring is 1. The van der Waals surface area contributed by atoms with Gasteiger partial charge in [0, 0.05) is 46.0 Å². The van der Waals surface area contributed by atoms with Crippen molar-refractivity contribution in [3.63, 3.8) is 0 Å². The maximum absolute atomic E-state index is 12.5. The van der Waals surface area contributed by atoms with E-state index in [1.54, 1.807) is 55.6 Å². The number of ether oxygens (including phenoxy) is 2. The van der Waals surface area contributed by atoms with Gasteiger partial charge in [-0.15, -0.1) is 0 Å². The lowest BCUT2D eigenvalue weighted by Crippen LogP contribution is -2.07. The van der Waals surface area contributed by atoms with Crippen molar-refractivity contribution in [1.29, 1.82) is 0 Å². The van der Waals surface area contributed by atoms with Crippen LogP contribution in [0, 0.1) is 13.8 Å². The zero-order valence-electron chi connectivity index (χ0n) is 26.4. The third-order valence-corrected chi connectivity index (χ3v) is 7.30. The van der Waals surface area contributed by atoms with Crippen LogP contribution in [0.4, 0.5) is 5.69 Å². The summed E-state index contributed by atoms with van der Waals surface area (Å²) in [5, 5.41) is 10.6. The standard InChI is InChI=1S/C19H17NO3.C10H10N2O.C8H8O3/c1-12-9-19(22)20-16-8-7-13(10-15(12)16)11-17(21)14-5-3-4-6-18(14)23-2;1-6-4-10(13)12-9-3-2-7(11)5-8(6)9;1-11-7-5-3-2-4-6(7)8(9)10/h3-10H,11H2,1-2H3,(H,20,22);2-5H,11H2,1H3,(H,12,13);2-5H,1H3,(H,9,10). The fraction of sp³-hybridized carbons (Fsp3) is 0.135. The van der Waals surface area contributed by atoms with Crippen molar-refractivity contribution < 1.29 is 24.2 Å². The van der Waals surface area contributed by atoms with E-state index in [9.17, 15) is 19.2 Å². The first kappa shape index (κ1) is 33.7. The number of hydrogen-bond acceptors (Lipinski definition) is 7. The molecule has 10 nitrogen and oxygen atoms in total. The Bertz CT molecular complexity index is 2180. The molecule has 6 rings (SSSR count). The van der Waals surface area contributed by atoms with Crippen molar-refractivity contribution in [2.45, 2.75) is 20.3 Å². The van der Waals surface area contributed by atoms with Gasteiger partial charge in [0.2, 0.25) is 11.1 Å². The number of pyridine rings is 2. The summed E-state index contributed by atoms with van der Waals surface area (Å²) >= 11 is 0. The number of rotatable bonds is 6. The number of nitrogens with one attached hydrogen (secondary N) is 2. The first-order valence-corrected chi connectivity index (χ1v) is 14.5. The van der Waals surface area contributed by atoms with Gasteiger partial charge in [-0.2, -0.15) is 0 Å². The summed E-state index contributed by atoms with van der Waals surface area (Å²) in [4.78, 5) is 51.2. The topological polar surface area (TPSA) is 165 Å². The first-order valence-electron chi connectivity index (χ1n) is 14.5. The van der Waals surface area contributed by atoms with E-state index >= 15 is 0 Å². The number of H-pyrrole nitrogens is 2. The lowest BCUT2D eigenvalue weighted by atomic mass is 9.99. The Hall–Kier alpha value is -6.16. The highest BCUT2D eigenvalue weighted by atomic mass is 16.5. The zero-order valence-corrected chi connectivity index (χ0v) is 26.4. The summed E-state index contributed by atoms with van der Waals surface area (Å²) in [6.45, 7) is 3.79. The second kappa shape index (κ2) is 15.2. The Labute approximate surface area is 270 Å². The van der Waals surface area contributed by atoms with Crippen molar-refractivity contribution in [1.82, 2.24) is 9.97 Å². The second-order valence-electron chi connectivity index (χ2n) is 10.6. The second-order valence-corrected chi connectivity index (χ2v) is 10.6. The maximum atomic E-state index is 12.5. The van der Waals surface area contributed by atoms with Crippen molar-refractivity contribution >= 4 is 39.2 Å². The van der Waals surface area contributed by atoms with Crippen molar-refractivity contribution in [2.24, 2.45) is 0 Å². The van der Waals surface area contributed by atoms with Crippen molar-refractivity contribution in [2.75, 3.05) is 20.0 Å². The van der Waals surface area contributed by atoms with Gasteiger partial charge in [-0.25, -0.2) is 4.79 Å². The molecule has 0 aliphatic carbocycles. The minimum atomic E-state index is -0.970. The molecule has 0 spiro atoms. The number of benzene rings is 4. The van der Waals surface area contributed by atoms with Crippen LogP contribution in [0.3, 0.4) is 0 Å². The Kier molecular flexibility index (Phi) is 10.9. The molecule has 0 saturated heterocycles. The van der Waals surface area contributed by atoms with Gasteiger partial charge >= 0.3 is 5.97 Å². The first-order chi connectivity index (χ1) is 22.5. The predicted octanol–water partition coefficient (Wildman–Crippen LogP) is 6.08. The molecule has 4 aromatic carbocycles. The molecule has 0 saturated carbocycles. The smallest absolute Gasteiger partial charge is 0.339 e. The number of hydrogen-bond donors (Lipinski definition) is 4. The van der Waals surface area contributed by atoms with E-state index in [2.05, 4.69) is 9.97 Å². The van der Waals surface area contributed by atoms with E-state index in [1.807, 2.05) is 56.3 Å². The maximum Gasteiger partial charge on any atom is 0.339 e. The third-order valence-electron chi connectivity index (χ3n) is 7.30. The van der Waals surface area contributed by atoms with Crippen LogP contribution in [0.25, 0.3) is 21.8 Å². The van der Waals surface area contributed by atoms with Gasteiger partial charge in [0.1, 0.15) is 17.1 Å². The Morgan fingerprint density at radius 2 is 1.17 bits per heavy atom. The fourth-order valence-corrected chi connectivity index (χ4v) is 5.00. The van der Waals surface area contributed by atoms with E-state index in [1.165, 1.54) is 13.2 Å². The van der Waals surface area contributed by atoms with E-state index < -0.39 is 5.97 Å². The van der Waals surface area contributed by atoms with Crippen LogP contribution in [0.5, 0.6) is 11.5 Å². The molecule has 0 radical (unpaired) electrons. The molecule has 0 aliphatic rings. The monoisotopic (exact) mass is 633 g/mol. The minimum Gasteiger partial charge on any atom is -0.496 e. The number of para-hydroxylation sites is 2. The molecule has 0 atom stereocenters. The lowest BCUT2D eigenvalue weighted by molar-refractivity contribution is 0.0693. The quantitative estimate of drug-likeness (QED) is 0.127. The van der Waals surface area contributed by atoms with E-state index in [0.717, 1.165) is 38.5 Å². The molecule has 240 valence electrons. The van der Waals surface area contributed by atoms with Gasteiger partial charge < -0.3 is 30.3 Å². The summed E-state index contributed by atoms with van der Waals surface area (Å²) in [5.74, 6) is 0.00475. The molecule has 2 aromatic heterocycles.